The molecule has 0 aliphatic rings. The van der Waals surface area contributed by atoms with Crippen molar-refractivity contribution in [1.82, 2.24) is 20.8 Å². The van der Waals surface area contributed by atoms with Crippen LogP contribution in [0.15, 0.2) is 35.5 Å². The highest BCUT2D eigenvalue weighted by atomic mass is 35.5. The summed E-state index contributed by atoms with van der Waals surface area (Å²) in [6.07, 6.45) is 4.84. The number of benzene rings is 1. The molecule has 6 heteroatoms. The van der Waals surface area contributed by atoms with E-state index in [4.69, 9.17) is 11.6 Å². The van der Waals surface area contributed by atoms with Crippen LogP contribution in [0.2, 0.25) is 5.02 Å². The third-order valence-electron chi connectivity index (χ3n) is 3.77. The van der Waals surface area contributed by atoms with Crippen LogP contribution < -0.4 is 10.6 Å². The maximum absolute atomic E-state index is 5.90. The Kier molecular flexibility index (Phi) is 7.62. The van der Waals surface area contributed by atoms with E-state index in [0.29, 0.717) is 0 Å². The Hall–Kier alpha value is -2.01. The topological polar surface area (TPSA) is 65.1 Å². The van der Waals surface area contributed by atoms with Crippen LogP contribution in [0.5, 0.6) is 0 Å². The van der Waals surface area contributed by atoms with Crippen molar-refractivity contribution in [3.05, 3.63) is 52.3 Å². The van der Waals surface area contributed by atoms with Crippen LogP contribution >= 0.6 is 11.6 Å². The lowest BCUT2D eigenvalue weighted by Gasteiger charge is -2.11. The number of hydrogen-bond donors (Lipinski definition) is 3. The SMILES string of the molecule is CCNC(=NCCCc1cn[nH]c1C)NCCc1ccc(Cl)cc1. The number of aryl methyl sites for hydroxylation is 2. The maximum atomic E-state index is 5.90. The van der Waals surface area contributed by atoms with E-state index in [1.54, 1.807) is 0 Å². The molecule has 0 aliphatic heterocycles. The van der Waals surface area contributed by atoms with E-state index in [2.05, 4.69) is 44.9 Å². The number of aromatic nitrogens is 2. The van der Waals surface area contributed by atoms with E-state index in [1.165, 1.54) is 11.1 Å². The first-order chi connectivity index (χ1) is 11.7. The largest absolute Gasteiger partial charge is 0.357 e. The van der Waals surface area contributed by atoms with Crippen LogP contribution in [0, 0.1) is 6.92 Å². The molecule has 0 unspecified atom stereocenters. The Morgan fingerprint density at radius 3 is 2.67 bits per heavy atom. The third-order valence-corrected chi connectivity index (χ3v) is 4.02. The number of aromatic amines is 1. The van der Waals surface area contributed by atoms with Gasteiger partial charge in [-0.1, -0.05) is 23.7 Å². The van der Waals surface area contributed by atoms with E-state index >= 15 is 0 Å². The van der Waals surface area contributed by atoms with Gasteiger partial charge in [0.25, 0.3) is 0 Å². The summed E-state index contributed by atoms with van der Waals surface area (Å²) in [6.45, 7) is 6.61. The lowest BCUT2D eigenvalue weighted by Crippen LogP contribution is -2.38. The smallest absolute Gasteiger partial charge is 0.191 e. The summed E-state index contributed by atoms with van der Waals surface area (Å²) in [5.41, 5.74) is 3.68. The third kappa shape index (κ3) is 6.24. The highest BCUT2D eigenvalue weighted by Gasteiger charge is 2.01. The average molecular weight is 348 g/mol. The number of rotatable bonds is 8. The molecule has 0 radical (unpaired) electrons. The summed E-state index contributed by atoms with van der Waals surface area (Å²) in [6, 6.07) is 7.96. The van der Waals surface area contributed by atoms with Gasteiger partial charge < -0.3 is 10.6 Å². The van der Waals surface area contributed by atoms with Gasteiger partial charge in [0, 0.05) is 30.4 Å². The maximum Gasteiger partial charge on any atom is 0.191 e. The fourth-order valence-electron chi connectivity index (χ4n) is 2.41. The molecule has 0 atom stereocenters. The first-order valence-corrected chi connectivity index (χ1v) is 8.82. The quantitative estimate of drug-likeness (QED) is 0.390. The average Bonchev–Trinajstić information content (AvgIpc) is 2.98. The van der Waals surface area contributed by atoms with Gasteiger partial charge in [-0.05, 0) is 56.4 Å². The molecule has 0 fully saturated rings. The van der Waals surface area contributed by atoms with Crippen molar-refractivity contribution in [3.8, 4) is 0 Å². The minimum absolute atomic E-state index is 0.773. The van der Waals surface area contributed by atoms with Crippen molar-refractivity contribution in [2.75, 3.05) is 19.6 Å². The molecule has 0 bridgehead atoms. The number of nitrogens with zero attached hydrogens (tertiary/aromatic N) is 2. The van der Waals surface area contributed by atoms with E-state index in [1.807, 2.05) is 25.3 Å². The molecule has 0 saturated carbocycles. The molecule has 0 amide bonds. The number of H-pyrrole nitrogens is 1. The van der Waals surface area contributed by atoms with Gasteiger partial charge in [0.2, 0.25) is 0 Å². The zero-order valence-corrected chi connectivity index (χ0v) is 15.2. The first-order valence-electron chi connectivity index (χ1n) is 8.44. The lowest BCUT2D eigenvalue weighted by molar-refractivity contribution is 0.776. The van der Waals surface area contributed by atoms with Crippen molar-refractivity contribution >= 4 is 17.6 Å². The summed E-state index contributed by atoms with van der Waals surface area (Å²) in [4.78, 5) is 4.63. The Balaban J connectivity index is 1.73. The number of nitrogens with one attached hydrogen (secondary N) is 3. The first kappa shape index (κ1) is 18.3. The van der Waals surface area contributed by atoms with Gasteiger partial charge in [0.1, 0.15) is 0 Å². The monoisotopic (exact) mass is 347 g/mol. The molecule has 24 heavy (non-hydrogen) atoms. The van der Waals surface area contributed by atoms with Crippen LogP contribution in [-0.2, 0) is 12.8 Å². The molecule has 0 saturated heterocycles. The fraction of sp³-hybridized carbons (Fsp3) is 0.444. The molecule has 130 valence electrons. The van der Waals surface area contributed by atoms with Gasteiger partial charge in [-0.3, -0.25) is 10.1 Å². The number of halogens is 1. The molecule has 0 aliphatic carbocycles. The zero-order chi connectivity index (χ0) is 17.2. The van der Waals surface area contributed by atoms with Gasteiger partial charge in [-0.2, -0.15) is 5.10 Å². The standard InChI is InChI=1S/C18H26ClN5/c1-3-20-18(21-11-4-5-16-13-23-24-14(16)2)22-12-10-15-6-8-17(19)9-7-15/h6-9,13H,3-5,10-12H2,1-2H3,(H,23,24)(H2,20,21,22). The molecule has 1 heterocycles. The highest BCUT2D eigenvalue weighted by Crippen LogP contribution is 2.09. The van der Waals surface area contributed by atoms with E-state index in [9.17, 15) is 0 Å². The molecule has 2 rings (SSSR count). The summed E-state index contributed by atoms with van der Waals surface area (Å²) < 4.78 is 0. The van der Waals surface area contributed by atoms with Crippen LogP contribution in [0.25, 0.3) is 0 Å². The van der Waals surface area contributed by atoms with Crippen molar-refractivity contribution in [2.24, 2.45) is 4.99 Å². The molecular formula is C18H26ClN5. The van der Waals surface area contributed by atoms with Gasteiger partial charge in [-0.25, -0.2) is 0 Å². The second-order valence-electron chi connectivity index (χ2n) is 5.69. The fourth-order valence-corrected chi connectivity index (χ4v) is 2.53. The Morgan fingerprint density at radius 1 is 1.21 bits per heavy atom. The number of hydrogen-bond acceptors (Lipinski definition) is 2. The summed E-state index contributed by atoms with van der Waals surface area (Å²) >= 11 is 5.90. The Labute approximate surface area is 148 Å². The zero-order valence-electron chi connectivity index (χ0n) is 14.4. The van der Waals surface area contributed by atoms with Crippen LogP contribution in [0.3, 0.4) is 0 Å². The summed E-state index contributed by atoms with van der Waals surface area (Å²) in [5.74, 6) is 0.871. The predicted octanol–water partition coefficient (Wildman–Crippen LogP) is 3.10. The van der Waals surface area contributed by atoms with Gasteiger partial charge in [-0.15, -0.1) is 0 Å². The molecule has 2 aromatic rings. The van der Waals surface area contributed by atoms with E-state index < -0.39 is 0 Å². The van der Waals surface area contributed by atoms with Crippen molar-refractivity contribution in [2.45, 2.75) is 33.1 Å². The minimum atomic E-state index is 0.773. The van der Waals surface area contributed by atoms with Crippen molar-refractivity contribution in [3.63, 3.8) is 0 Å². The molecule has 5 nitrogen and oxygen atoms in total. The van der Waals surface area contributed by atoms with Gasteiger partial charge in [0.15, 0.2) is 5.96 Å². The molecule has 1 aromatic heterocycles. The van der Waals surface area contributed by atoms with Crippen molar-refractivity contribution in [1.29, 1.82) is 0 Å². The molecule has 3 N–H and O–H groups in total. The number of guanidine groups is 1. The van der Waals surface area contributed by atoms with Gasteiger partial charge in [0.05, 0.1) is 6.20 Å². The Morgan fingerprint density at radius 2 is 2.00 bits per heavy atom. The normalized spacial score (nSPS) is 11.5. The Bertz CT molecular complexity index is 633. The van der Waals surface area contributed by atoms with Crippen LogP contribution in [-0.4, -0.2) is 35.8 Å². The second-order valence-corrected chi connectivity index (χ2v) is 6.12. The molecular weight excluding hydrogens is 322 g/mol. The van der Waals surface area contributed by atoms with E-state index in [0.717, 1.165) is 55.6 Å². The summed E-state index contributed by atoms with van der Waals surface area (Å²) in [7, 11) is 0. The van der Waals surface area contributed by atoms with E-state index in [-0.39, 0.29) is 0 Å². The molecule has 1 aromatic carbocycles. The lowest BCUT2D eigenvalue weighted by atomic mass is 10.1. The summed E-state index contributed by atoms with van der Waals surface area (Å²) in [5, 5.41) is 14.4. The van der Waals surface area contributed by atoms with Crippen LogP contribution in [0.1, 0.15) is 30.2 Å². The predicted molar refractivity (Wildman–Crippen MR) is 101 cm³/mol. The second kappa shape index (κ2) is 9.98. The number of aliphatic imine (C=N–C) groups is 1. The highest BCUT2D eigenvalue weighted by molar-refractivity contribution is 6.30. The molecule has 0 spiro atoms. The van der Waals surface area contributed by atoms with Crippen molar-refractivity contribution < 1.29 is 0 Å². The van der Waals surface area contributed by atoms with Gasteiger partial charge >= 0.3 is 0 Å². The minimum Gasteiger partial charge on any atom is -0.357 e. The van der Waals surface area contributed by atoms with Crippen LogP contribution in [0.4, 0.5) is 0 Å².